The van der Waals surface area contributed by atoms with Gasteiger partial charge in [0.1, 0.15) is 17.3 Å². The summed E-state index contributed by atoms with van der Waals surface area (Å²) >= 11 is 0. The molecule has 1 atom stereocenters. The number of benzene rings is 2. The van der Waals surface area contributed by atoms with Crippen molar-refractivity contribution >= 4 is 35.6 Å². The van der Waals surface area contributed by atoms with Gasteiger partial charge in [-0.05, 0) is 43.5 Å². The minimum absolute atomic E-state index is 0. The van der Waals surface area contributed by atoms with Crippen molar-refractivity contribution in [1.82, 2.24) is 10.6 Å². The Bertz CT molecular complexity index is 878. The minimum atomic E-state index is -0.547. The third-order valence-corrected chi connectivity index (χ3v) is 5.08. The van der Waals surface area contributed by atoms with E-state index in [0.717, 1.165) is 12.0 Å². The molecule has 2 aromatic rings. The van der Waals surface area contributed by atoms with E-state index in [4.69, 9.17) is 4.74 Å². The largest absolute Gasteiger partial charge is 0.504 e. The molecule has 2 aromatic carbocycles. The molecule has 170 valence electrons. The lowest BCUT2D eigenvalue weighted by Gasteiger charge is -2.21. The van der Waals surface area contributed by atoms with Crippen LogP contribution >= 0.6 is 24.0 Å². The Morgan fingerprint density at radius 2 is 1.94 bits per heavy atom. The Labute approximate surface area is 198 Å². The fourth-order valence-corrected chi connectivity index (χ4v) is 3.61. The van der Waals surface area contributed by atoms with E-state index >= 15 is 0 Å². The van der Waals surface area contributed by atoms with Crippen LogP contribution in [0.2, 0.25) is 0 Å². The van der Waals surface area contributed by atoms with Crippen LogP contribution in [0.5, 0.6) is 11.5 Å². The van der Waals surface area contributed by atoms with Gasteiger partial charge in [-0.1, -0.05) is 18.2 Å². The summed E-state index contributed by atoms with van der Waals surface area (Å²) in [6.07, 6.45) is 1.30. The number of hydrogen-bond acceptors (Lipinski definition) is 4. The average Bonchev–Trinajstić information content (AvgIpc) is 3.17. The van der Waals surface area contributed by atoms with Crippen molar-refractivity contribution in [2.75, 3.05) is 38.2 Å². The summed E-state index contributed by atoms with van der Waals surface area (Å²) in [5.74, 6) is 0.115. The maximum absolute atomic E-state index is 14.1. The Morgan fingerprint density at radius 3 is 2.61 bits per heavy atom. The fraction of sp³-hybridized carbons (Fsp3) is 0.409. The standard InChI is InChI=1S/C22H28F2N4O2.HI/c1-3-25-22(26-12-10-15-6-4-9-19(30-2)21(15)29)27-16-11-13-28(14-16)20-17(23)7-5-8-18(20)24;/h4-9,16,29H,3,10-14H2,1-2H3,(H2,25,26,27);1H. The molecule has 9 heteroatoms. The highest BCUT2D eigenvalue weighted by molar-refractivity contribution is 14.0. The summed E-state index contributed by atoms with van der Waals surface area (Å²) in [4.78, 5) is 6.30. The molecule has 1 aliphatic rings. The van der Waals surface area contributed by atoms with Crippen LogP contribution in [0.4, 0.5) is 14.5 Å². The number of ether oxygens (including phenoxy) is 1. The van der Waals surface area contributed by atoms with E-state index in [1.165, 1.54) is 25.3 Å². The molecular weight excluding hydrogens is 517 g/mol. The molecule has 1 fully saturated rings. The number of hydrogen-bond donors (Lipinski definition) is 3. The van der Waals surface area contributed by atoms with Crippen molar-refractivity contribution in [3.8, 4) is 11.5 Å². The lowest BCUT2D eigenvalue weighted by atomic mass is 10.1. The topological polar surface area (TPSA) is 69.1 Å². The number of nitrogens with one attached hydrogen (secondary N) is 2. The van der Waals surface area contributed by atoms with Gasteiger partial charge in [0.15, 0.2) is 17.5 Å². The normalized spacial score (nSPS) is 16.1. The fourth-order valence-electron chi connectivity index (χ4n) is 3.61. The summed E-state index contributed by atoms with van der Waals surface area (Å²) in [6.45, 7) is 4.18. The van der Waals surface area contributed by atoms with Gasteiger partial charge in [-0.3, -0.25) is 4.99 Å². The first-order chi connectivity index (χ1) is 14.5. The molecule has 3 N–H and O–H groups in total. The van der Waals surface area contributed by atoms with Gasteiger partial charge in [0.05, 0.1) is 7.11 Å². The minimum Gasteiger partial charge on any atom is -0.504 e. The number of rotatable bonds is 7. The number of aromatic hydroxyl groups is 1. The first kappa shape index (κ1) is 25.0. The summed E-state index contributed by atoms with van der Waals surface area (Å²) in [5.41, 5.74) is 0.785. The van der Waals surface area contributed by atoms with E-state index in [0.29, 0.717) is 44.3 Å². The summed E-state index contributed by atoms with van der Waals surface area (Å²) in [7, 11) is 1.52. The lowest BCUT2D eigenvalue weighted by Crippen LogP contribution is -2.44. The number of aliphatic imine (C=N–C) groups is 1. The average molecular weight is 546 g/mol. The first-order valence-corrected chi connectivity index (χ1v) is 10.1. The Balaban J connectivity index is 0.00000341. The second-order valence-corrected chi connectivity index (χ2v) is 7.12. The maximum atomic E-state index is 14.1. The van der Waals surface area contributed by atoms with Crippen LogP contribution in [0.15, 0.2) is 41.4 Å². The molecule has 0 amide bonds. The molecule has 0 aromatic heterocycles. The van der Waals surface area contributed by atoms with Crippen molar-refractivity contribution in [2.45, 2.75) is 25.8 Å². The van der Waals surface area contributed by atoms with Crippen LogP contribution in [0.1, 0.15) is 18.9 Å². The molecule has 1 aliphatic heterocycles. The Hall–Kier alpha value is -2.30. The van der Waals surface area contributed by atoms with E-state index in [9.17, 15) is 13.9 Å². The highest BCUT2D eigenvalue weighted by atomic mass is 127. The Morgan fingerprint density at radius 1 is 1.23 bits per heavy atom. The molecule has 0 aliphatic carbocycles. The van der Waals surface area contributed by atoms with Gasteiger partial charge in [0.2, 0.25) is 0 Å². The predicted octanol–water partition coefficient (Wildman–Crippen LogP) is 3.67. The van der Waals surface area contributed by atoms with Gasteiger partial charge in [-0.15, -0.1) is 24.0 Å². The highest BCUT2D eigenvalue weighted by Crippen LogP contribution is 2.29. The molecule has 1 unspecified atom stereocenters. The van der Waals surface area contributed by atoms with Gasteiger partial charge in [-0.2, -0.15) is 0 Å². The maximum Gasteiger partial charge on any atom is 0.191 e. The molecule has 1 saturated heterocycles. The number of anilines is 1. The Kier molecular flexibility index (Phi) is 9.60. The number of phenolic OH excluding ortho intramolecular Hbond substituents is 1. The van der Waals surface area contributed by atoms with Crippen molar-refractivity contribution in [1.29, 1.82) is 0 Å². The zero-order chi connectivity index (χ0) is 21.5. The molecular formula is C22H29F2IN4O2. The van der Waals surface area contributed by atoms with Crippen LogP contribution < -0.4 is 20.3 Å². The summed E-state index contributed by atoms with van der Waals surface area (Å²) in [5, 5.41) is 16.7. The van der Waals surface area contributed by atoms with Gasteiger partial charge >= 0.3 is 0 Å². The number of nitrogens with zero attached hydrogens (tertiary/aromatic N) is 2. The molecule has 3 rings (SSSR count). The van der Waals surface area contributed by atoms with Crippen LogP contribution in [0.3, 0.4) is 0 Å². The second-order valence-electron chi connectivity index (χ2n) is 7.12. The van der Waals surface area contributed by atoms with E-state index in [2.05, 4.69) is 15.6 Å². The number of guanidine groups is 1. The zero-order valence-electron chi connectivity index (χ0n) is 17.7. The number of halogens is 3. The van der Waals surface area contributed by atoms with Crippen LogP contribution in [0, 0.1) is 11.6 Å². The smallest absolute Gasteiger partial charge is 0.191 e. The molecule has 0 saturated carbocycles. The molecule has 31 heavy (non-hydrogen) atoms. The molecule has 0 radical (unpaired) electrons. The summed E-state index contributed by atoms with van der Waals surface area (Å²) in [6, 6.07) is 9.32. The monoisotopic (exact) mass is 546 g/mol. The van der Waals surface area contributed by atoms with Crippen LogP contribution in [0.25, 0.3) is 0 Å². The predicted molar refractivity (Wildman–Crippen MR) is 130 cm³/mol. The van der Waals surface area contributed by atoms with E-state index < -0.39 is 11.6 Å². The van der Waals surface area contributed by atoms with Gasteiger partial charge in [0, 0.05) is 32.2 Å². The van der Waals surface area contributed by atoms with E-state index in [1.807, 2.05) is 19.1 Å². The number of phenols is 1. The van der Waals surface area contributed by atoms with Crippen molar-refractivity contribution < 1.29 is 18.6 Å². The number of methoxy groups -OCH3 is 1. The molecule has 0 spiro atoms. The molecule has 1 heterocycles. The third-order valence-electron chi connectivity index (χ3n) is 5.08. The number of para-hydroxylation sites is 2. The van der Waals surface area contributed by atoms with Gasteiger partial charge < -0.3 is 25.4 Å². The molecule has 6 nitrogen and oxygen atoms in total. The van der Waals surface area contributed by atoms with Crippen LogP contribution in [-0.4, -0.2) is 50.4 Å². The van der Waals surface area contributed by atoms with E-state index in [1.54, 1.807) is 11.0 Å². The second kappa shape index (κ2) is 11.9. The van der Waals surface area contributed by atoms with Crippen LogP contribution in [-0.2, 0) is 6.42 Å². The quantitative estimate of drug-likeness (QED) is 0.281. The summed E-state index contributed by atoms with van der Waals surface area (Å²) < 4.78 is 33.3. The van der Waals surface area contributed by atoms with Crippen molar-refractivity contribution in [2.24, 2.45) is 4.99 Å². The lowest BCUT2D eigenvalue weighted by molar-refractivity contribution is 0.370. The van der Waals surface area contributed by atoms with Gasteiger partial charge in [0.25, 0.3) is 0 Å². The first-order valence-electron chi connectivity index (χ1n) is 10.1. The highest BCUT2D eigenvalue weighted by Gasteiger charge is 2.27. The van der Waals surface area contributed by atoms with E-state index in [-0.39, 0.29) is 41.5 Å². The van der Waals surface area contributed by atoms with Gasteiger partial charge in [-0.25, -0.2) is 8.78 Å². The van der Waals surface area contributed by atoms with Crippen molar-refractivity contribution in [3.63, 3.8) is 0 Å². The molecule has 0 bridgehead atoms. The third kappa shape index (κ3) is 6.34. The zero-order valence-corrected chi connectivity index (χ0v) is 20.0. The SMILES string of the molecule is CCNC(=NCCc1cccc(OC)c1O)NC1CCN(c2c(F)cccc2F)C1.I. The van der Waals surface area contributed by atoms with Crippen molar-refractivity contribution in [3.05, 3.63) is 53.6 Å².